The molecule has 0 aromatic heterocycles. The molecule has 6 heteroatoms. The average molecular weight is 226 g/mol. The lowest BCUT2D eigenvalue weighted by Crippen LogP contribution is -2.18. The number of esters is 1. The van der Waals surface area contributed by atoms with E-state index in [2.05, 4.69) is 11.7 Å². The fourth-order valence-electron chi connectivity index (χ4n) is 0.528. The summed E-state index contributed by atoms with van der Waals surface area (Å²) in [5, 5.41) is 8.09. The van der Waals surface area contributed by atoms with Crippen LogP contribution in [0.2, 0.25) is 0 Å². The molecular formula is C7H14O4S2. The molecule has 0 aromatic carbocycles. The smallest absolute Gasteiger partial charge is 0.319 e. The molecule has 1 N–H and O–H groups in total. The number of carbonyl (C=O) groups excluding carboxylic acids is 1. The molecule has 0 aliphatic carbocycles. The van der Waals surface area contributed by atoms with Gasteiger partial charge in [0.2, 0.25) is 0 Å². The van der Waals surface area contributed by atoms with E-state index >= 15 is 0 Å². The predicted octanol–water partition coefficient (Wildman–Crippen LogP) is 0.505. The first-order chi connectivity index (χ1) is 6.22. The van der Waals surface area contributed by atoms with Gasteiger partial charge in [-0.1, -0.05) is 10.8 Å². The van der Waals surface area contributed by atoms with Gasteiger partial charge < -0.3 is 14.6 Å². The monoisotopic (exact) mass is 226 g/mol. The summed E-state index contributed by atoms with van der Waals surface area (Å²) in [7, 11) is 1.14. The van der Waals surface area contributed by atoms with Crippen LogP contribution in [-0.4, -0.2) is 42.8 Å². The van der Waals surface area contributed by atoms with Gasteiger partial charge in [0.1, 0.15) is 11.9 Å². The third-order valence-electron chi connectivity index (χ3n) is 1.20. The Morgan fingerprint density at radius 3 is 2.77 bits per heavy atom. The van der Waals surface area contributed by atoms with Crippen LogP contribution < -0.4 is 0 Å². The molecule has 0 saturated heterocycles. The summed E-state index contributed by atoms with van der Waals surface area (Å²) in [6, 6.07) is 0. The first-order valence-electron chi connectivity index (χ1n) is 3.87. The summed E-state index contributed by atoms with van der Waals surface area (Å²) < 4.78 is 9.72. The highest BCUT2D eigenvalue weighted by Crippen LogP contribution is 2.14. The van der Waals surface area contributed by atoms with Crippen molar-refractivity contribution in [2.75, 3.05) is 26.4 Å². The molecule has 0 bridgehead atoms. The lowest BCUT2D eigenvalue weighted by atomic mass is 10.5. The molecule has 0 heterocycles. The highest BCUT2D eigenvalue weighted by Gasteiger charge is 2.12. The van der Waals surface area contributed by atoms with Crippen molar-refractivity contribution in [3.8, 4) is 0 Å². The zero-order valence-electron chi connectivity index (χ0n) is 7.43. The average Bonchev–Trinajstić information content (AvgIpc) is 2.16. The Morgan fingerprint density at radius 2 is 2.23 bits per heavy atom. The van der Waals surface area contributed by atoms with Gasteiger partial charge in [-0.2, -0.15) is 0 Å². The van der Waals surface area contributed by atoms with E-state index in [1.54, 1.807) is 6.92 Å². The summed E-state index contributed by atoms with van der Waals surface area (Å²) in [5.74, 6) is -0.299. The van der Waals surface area contributed by atoms with Crippen molar-refractivity contribution < 1.29 is 19.4 Å². The van der Waals surface area contributed by atoms with Crippen LogP contribution in [0.15, 0.2) is 0 Å². The molecule has 0 fully saturated rings. The highest BCUT2D eigenvalue weighted by molar-refractivity contribution is 8.69. The van der Waals surface area contributed by atoms with Crippen LogP contribution >= 0.6 is 22.5 Å². The van der Waals surface area contributed by atoms with Gasteiger partial charge in [-0.25, -0.2) is 0 Å². The minimum atomic E-state index is -0.299. The highest BCUT2D eigenvalue weighted by atomic mass is 33.1. The van der Waals surface area contributed by atoms with Crippen LogP contribution in [0.25, 0.3) is 0 Å². The number of aliphatic hydroxyl groups excluding tert-OH is 1. The number of rotatable bonds is 7. The summed E-state index contributed by atoms with van der Waals surface area (Å²) in [4.78, 5) is 11.0. The molecule has 1 unspecified atom stereocenters. The molecule has 0 spiro atoms. The van der Waals surface area contributed by atoms with Crippen LogP contribution in [0.3, 0.4) is 0 Å². The number of ether oxygens (including phenoxy) is 2. The van der Waals surface area contributed by atoms with Crippen molar-refractivity contribution in [2.45, 2.75) is 12.2 Å². The van der Waals surface area contributed by atoms with E-state index in [9.17, 15) is 4.79 Å². The Morgan fingerprint density at radius 1 is 1.54 bits per heavy atom. The first kappa shape index (κ1) is 13.1. The minimum absolute atomic E-state index is 0.0170. The van der Waals surface area contributed by atoms with Gasteiger partial charge in [-0.3, -0.25) is 4.79 Å². The molecule has 1 atom stereocenters. The van der Waals surface area contributed by atoms with Crippen molar-refractivity contribution in [3.05, 3.63) is 0 Å². The van der Waals surface area contributed by atoms with Crippen molar-refractivity contribution in [2.24, 2.45) is 0 Å². The van der Waals surface area contributed by atoms with Gasteiger partial charge >= 0.3 is 5.97 Å². The van der Waals surface area contributed by atoms with Crippen molar-refractivity contribution in [1.29, 1.82) is 0 Å². The summed E-state index contributed by atoms with van der Waals surface area (Å²) >= 11 is 3.88. The number of thiol groups is 1. The molecule has 0 aliphatic rings. The molecule has 0 aromatic rings. The van der Waals surface area contributed by atoms with Gasteiger partial charge in [0.25, 0.3) is 0 Å². The van der Waals surface area contributed by atoms with E-state index in [-0.39, 0.29) is 31.0 Å². The molecule has 0 saturated carbocycles. The molecule has 78 valence electrons. The normalized spacial score (nSPS) is 12.5. The van der Waals surface area contributed by atoms with Crippen molar-refractivity contribution in [1.82, 2.24) is 0 Å². The number of hydrogen-bond donors (Lipinski definition) is 2. The lowest BCUT2D eigenvalue weighted by molar-refractivity contribution is -0.144. The molecule has 0 rings (SSSR count). The van der Waals surface area contributed by atoms with E-state index in [1.807, 2.05) is 0 Å². The largest absolute Gasteiger partial charge is 0.462 e. The molecule has 0 aliphatic heterocycles. The minimum Gasteiger partial charge on any atom is -0.462 e. The SMILES string of the molecule is CC(SS)C(=O)OCCOCCO. The van der Waals surface area contributed by atoms with Crippen LogP contribution in [0.5, 0.6) is 0 Å². The van der Waals surface area contributed by atoms with Crippen LogP contribution in [0.4, 0.5) is 0 Å². The molecule has 4 nitrogen and oxygen atoms in total. The summed E-state index contributed by atoms with van der Waals surface area (Å²) in [5.41, 5.74) is 0. The van der Waals surface area contributed by atoms with Gasteiger partial charge in [0.05, 0.1) is 19.8 Å². The maximum atomic E-state index is 11.0. The molecule has 0 amide bonds. The zero-order chi connectivity index (χ0) is 10.1. The fourth-order valence-corrected chi connectivity index (χ4v) is 0.940. The predicted molar refractivity (Wildman–Crippen MR) is 54.9 cm³/mol. The fraction of sp³-hybridized carbons (Fsp3) is 0.857. The van der Waals surface area contributed by atoms with E-state index in [1.165, 1.54) is 0 Å². The molecular weight excluding hydrogens is 212 g/mol. The van der Waals surface area contributed by atoms with Gasteiger partial charge in [0, 0.05) is 0 Å². The van der Waals surface area contributed by atoms with Crippen LogP contribution in [-0.2, 0) is 14.3 Å². The third-order valence-corrected chi connectivity index (χ3v) is 2.66. The Kier molecular flexibility index (Phi) is 8.74. The van der Waals surface area contributed by atoms with Gasteiger partial charge in [-0.05, 0) is 6.92 Å². The maximum Gasteiger partial charge on any atom is 0.319 e. The van der Waals surface area contributed by atoms with Gasteiger partial charge in [0.15, 0.2) is 0 Å². The van der Waals surface area contributed by atoms with E-state index in [0.717, 1.165) is 10.8 Å². The van der Waals surface area contributed by atoms with Crippen LogP contribution in [0.1, 0.15) is 6.92 Å². The zero-order valence-corrected chi connectivity index (χ0v) is 9.14. The number of carbonyl (C=O) groups is 1. The lowest BCUT2D eigenvalue weighted by Gasteiger charge is -2.08. The summed E-state index contributed by atoms with van der Waals surface area (Å²) in [6.07, 6.45) is 0. The van der Waals surface area contributed by atoms with Crippen molar-refractivity contribution >= 4 is 28.4 Å². The van der Waals surface area contributed by atoms with Crippen LogP contribution in [0, 0.1) is 0 Å². The number of hydrogen-bond acceptors (Lipinski definition) is 6. The summed E-state index contributed by atoms with van der Waals surface area (Å²) in [6.45, 7) is 2.51. The Bertz CT molecular complexity index is 142. The first-order valence-corrected chi connectivity index (χ1v) is 5.81. The van der Waals surface area contributed by atoms with Gasteiger partial charge in [-0.15, -0.1) is 11.7 Å². The Balaban J connectivity index is 3.27. The van der Waals surface area contributed by atoms with E-state index in [4.69, 9.17) is 14.6 Å². The molecule has 0 radical (unpaired) electrons. The second kappa shape index (κ2) is 8.68. The number of aliphatic hydroxyl groups is 1. The third kappa shape index (κ3) is 7.18. The Labute approximate surface area is 86.8 Å². The Hall–Kier alpha value is 0.0900. The topological polar surface area (TPSA) is 55.8 Å². The van der Waals surface area contributed by atoms with Crippen molar-refractivity contribution in [3.63, 3.8) is 0 Å². The van der Waals surface area contributed by atoms with E-state index in [0.29, 0.717) is 6.61 Å². The standard InChI is InChI=1S/C7H14O4S2/c1-6(13-12)7(9)11-5-4-10-3-2-8/h6,8,12H,2-5H2,1H3. The molecule has 13 heavy (non-hydrogen) atoms. The second-order valence-electron chi connectivity index (χ2n) is 2.25. The van der Waals surface area contributed by atoms with E-state index < -0.39 is 0 Å². The maximum absolute atomic E-state index is 11.0. The second-order valence-corrected chi connectivity index (χ2v) is 3.80. The quantitative estimate of drug-likeness (QED) is 0.287.